The second kappa shape index (κ2) is 6.75. The zero-order chi connectivity index (χ0) is 17.2. The summed E-state index contributed by atoms with van der Waals surface area (Å²) in [7, 11) is 0. The maximum Gasteiger partial charge on any atom is 0.227 e. The van der Waals surface area contributed by atoms with Gasteiger partial charge in [-0.1, -0.05) is 18.2 Å². The first-order valence-corrected chi connectivity index (χ1v) is 8.82. The molecular weight excluding hydrogens is 316 g/mol. The van der Waals surface area contributed by atoms with Crippen molar-refractivity contribution >= 4 is 5.91 Å². The third-order valence-electron chi connectivity index (χ3n) is 4.86. The molecule has 2 aliphatic rings. The number of likely N-dealkylation sites (tertiary alicyclic amines) is 1. The molecule has 0 radical (unpaired) electrons. The molecule has 0 unspecified atom stereocenters. The van der Waals surface area contributed by atoms with E-state index >= 15 is 0 Å². The summed E-state index contributed by atoms with van der Waals surface area (Å²) < 4.78 is 11.5. The standard InChI is InChI=1S/C20H22N2O3/c1-14-7-8-15(13-21-14)12-19(23)22-9-3-5-17(22)16-4-2-6-18-20(16)25-11-10-24-18/h2,4,6-8,13,17H,3,5,9-12H2,1H3/t17-/m1/s1. The van der Waals surface area contributed by atoms with E-state index in [1.54, 1.807) is 6.20 Å². The summed E-state index contributed by atoms with van der Waals surface area (Å²) in [5, 5.41) is 0. The van der Waals surface area contributed by atoms with Crippen molar-refractivity contribution in [2.24, 2.45) is 0 Å². The molecule has 0 saturated carbocycles. The van der Waals surface area contributed by atoms with Gasteiger partial charge in [-0.2, -0.15) is 0 Å². The number of carbonyl (C=O) groups is 1. The van der Waals surface area contributed by atoms with Gasteiger partial charge in [0.2, 0.25) is 5.91 Å². The van der Waals surface area contributed by atoms with Crippen molar-refractivity contribution in [1.29, 1.82) is 0 Å². The number of para-hydroxylation sites is 1. The number of aromatic nitrogens is 1. The van der Waals surface area contributed by atoms with Crippen molar-refractivity contribution in [3.05, 3.63) is 53.3 Å². The number of nitrogens with zero attached hydrogens (tertiary/aromatic N) is 2. The van der Waals surface area contributed by atoms with E-state index in [9.17, 15) is 4.79 Å². The molecule has 3 heterocycles. The Labute approximate surface area is 147 Å². The predicted molar refractivity (Wildman–Crippen MR) is 93.8 cm³/mol. The van der Waals surface area contributed by atoms with Crippen molar-refractivity contribution in [1.82, 2.24) is 9.88 Å². The van der Waals surface area contributed by atoms with Gasteiger partial charge in [-0.15, -0.1) is 0 Å². The number of rotatable bonds is 3. The van der Waals surface area contributed by atoms with Crippen LogP contribution in [0, 0.1) is 6.92 Å². The van der Waals surface area contributed by atoms with Crippen LogP contribution in [0.25, 0.3) is 0 Å². The topological polar surface area (TPSA) is 51.7 Å². The summed E-state index contributed by atoms with van der Waals surface area (Å²) in [5.74, 6) is 1.73. The molecule has 1 saturated heterocycles. The average molecular weight is 338 g/mol. The van der Waals surface area contributed by atoms with Crippen LogP contribution in [0.5, 0.6) is 11.5 Å². The summed E-state index contributed by atoms with van der Waals surface area (Å²) >= 11 is 0. The molecule has 2 aromatic rings. The Morgan fingerprint density at radius 3 is 2.96 bits per heavy atom. The summed E-state index contributed by atoms with van der Waals surface area (Å²) in [6.45, 7) is 3.86. The monoisotopic (exact) mass is 338 g/mol. The molecule has 0 N–H and O–H groups in total. The molecule has 25 heavy (non-hydrogen) atoms. The Bertz CT molecular complexity index is 773. The smallest absolute Gasteiger partial charge is 0.227 e. The lowest BCUT2D eigenvalue weighted by atomic mass is 10.0. The highest BCUT2D eigenvalue weighted by molar-refractivity contribution is 5.79. The van der Waals surface area contributed by atoms with E-state index in [0.717, 1.165) is 47.7 Å². The van der Waals surface area contributed by atoms with Crippen LogP contribution in [-0.4, -0.2) is 35.5 Å². The molecular formula is C20H22N2O3. The van der Waals surface area contributed by atoms with Gasteiger partial charge >= 0.3 is 0 Å². The number of benzene rings is 1. The van der Waals surface area contributed by atoms with Crippen LogP contribution in [0.3, 0.4) is 0 Å². The van der Waals surface area contributed by atoms with Gasteiger partial charge in [-0.25, -0.2) is 0 Å². The molecule has 1 aromatic heterocycles. The second-order valence-corrected chi connectivity index (χ2v) is 6.60. The Morgan fingerprint density at radius 2 is 2.12 bits per heavy atom. The fourth-order valence-corrected chi connectivity index (χ4v) is 3.63. The molecule has 0 aliphatic carbocycles. The molecule has 2 aliphatic heterocycles. The van der Waals surface area contributed by atoms with Crippen molar-refractivity contribution in [2.75, 3.05) is 19.8 Å². The Hall–Kier alpha value is -2.56. The van der Waals surface area contributed by atoms with E-state index in [1.807, 2.05) is 36.1 Å². The maximum atomic E-state index is 12.9. The van der Waals surface area contributed by atoms with Crippen LogP contribution < -0.4 is 9.47 Å². The first kappa shape index (κ1) is 15.9. The van der Waals surface area contributed by atoms with E-state index in [4.69, 9.17) is 9.47 Å². The van der Waals surface area contributed by atoms with Crippen molar-refractivity contribution in [3.8, 4) is 11.5 Å². The van der Waals surface area contributed by atoms with E-state index in [-0.39, 0.29) is 11.9 Å². The van der Waals surface area contributed by atoms with Crippen LogP contribution in [0.4, 0.5) is 0 Å². The molecule has 1 atom stereocenters. The van der Waals surface area contributed by atoms with Gasteiger partial charge < -0.3 is 14.4 Å². The number of aryl methyl sites for hydroxylation is 1. The fraction of sp³-hybridized carbons (Fsp3) is 0.400. The fourth-order valence-electron chi connectivity index (χ4n) is 3.63. The molecule has 1 amide bonds. The lowest BCUT2D eigenvalue weighted by molar-refractivity contribution is -0.131. The quantitative estimate of drug-likeness (QED) is 0.863. The van der Waals surface area contributed by atoms with Gasteiger partial charge in [0.15, 0.2) is 11.5 Å². The van der Waals surface area contributed by atoms with E-state index in [1.165, 1.54) is 0 Å². The number of pyridine rings is 1. The van der Waals surface area contributed by atoms with Crippen LogP contribution in [0.15, 0.2) is 36.5 Å². The van der Waals surface area contributed by atoms with E-state index in [0.29, 0.717) is 19.6 Å². The van der Waals surface area contributed by atoms with E-state index in [2.05, 4.69) is 11.1 Å². The normalized spacial score (nSPS) is 19.1. The molecule has 5 heteroatoms. The number of ether oxygens (including phenoxy) is 2. The lowest BCUT2D eigenvalue weighted by Gasteiger charge is -2.29. The molecule has 0 spiro atoms. The third-order valence-corrected chi connectivity index (χ3v) is 4.86. The predicted octanol–water partition coefficient (Wildman–Crippen LogP) is 3.07. The largest absolute Gasteiger partial charge is 0.486 e. The Morgan fingerprint density at radius 1 is 1.24 bits per heavy atom. The minimum Gasteiger partial charge on any atom is -0.486 e. The number of carbonyl (C=O) groups excluding carboxylic acids is 1. The van der Waals surface area contributed by atoms with E-state index < -0.39 is 0 Å². The summed E-state index contributed by atoms with van der Waals surface area (Å²) in [5.41, 5.74) is 2.98. The summed E-state index contributed by atoms with van der Waals surface area (Å²) in [6.07, 6.45) is 4.14. The van der Waals surface area contributed by atoms with Gasteiger partial charge in [0.05, 0.1) is 12.5 Å². The highest BCUT2D eigenvalue weighted by Gasteiger charge is 2.33. The van der Waals surface area contributed by atoms with Gasteiger partial charge in [0.1, 0.15) is 13.2 Å². The van der Waals surface area contributed by atoms with Crippen LogP contribution in [0.2, 0.25) is 0 Å². The Kier molecular flexibility index (Phi) is 4.30. The van der Waals surface area contributed by atoms with Crippen molar-refractivity contribution in [3.63, 3.8) is 0 Å². The van der Waals surface area contributed by atoms with Gasteiger partial charge in [-0.3, -0.25) is 9.78 Å². The van der Waals surface area contributed by atoms with Gasteiger partial charge in [-0.05, 0) is 37.5 Å². The van der Waals surface area contributed by atoms with Crippen LogP contribution >= 0.6 is 0 Å². The average Bonchev–Trinajstić information content (AvgIpc) is 3.13. The molecule has 5 nitrogen and oxygen atoms in total. The minimum atomic E-state index is 0.0579. The second-order valence-electron chi connectivity index (χ2n) is 6.60. The summed E-state index contributed by atoms with van der Waals surface area (Å²) in [6, 6.07) is 9.94. The third kappa shape index (κ3) is 3.18. The highest BCUT2D eigenvalue weighted by atomic mass is 16.6. The molecule has 130 valence electrons. The first-order chi connectivity index (χ1) is 12.2. The van der Waals surface area contributed by atoms with Crippen LogP contribution in [0.1, 0.15) is 35.7 Å². The molecule has 0 bridgehead atoms. The lowest BCUT2D eigenvalue weighted by Crippen LogP contribution is -2.32. The SMILES string of the molecule is Cc1ccc(CC(=O)N2CCC[C@@H]2c2cccc3c2OCCO3)cn1. The first-order valence-electron chi connectivity index (χ1n) is 8.82. The molecule has 1 aromatic carbocycles. The Balaban J connectivity index is 1.56. The number of hydrogen-bond donors (Lipinski definition) is 0. The molecule has 4 rings (SSSR count). The number of fused-ring (bicyclic) bond motifs is 1. The van der Waals surface area contributed by atoms with Crippen LogP contribution in [-0.2, 0) is 11.2 Å². The molecule has 1 fully saturated rings. The highest BCUT2D eigenvalue weighted by Crippen LogP contribution is 2.42. The number of hydrogen-bond acceptors (Lipinski definition) is 4. The minimum absolute atomic E-state index is 0.0579. The van der Waals surface area contributed by atoms with Gasteiger partial charge in [0.25, 0.3) is 0 Å². The zero-order valence-corrected chi connectivity index (χ0v) is 14.4. The van der Waals surface area contributed by atoms with Crippen molar-refractivity contribution in [2.45, 2.75) is 32.2 Å². The van der Waals surface area contributed by atoms with Gasteiger partial charge in [0, 0.05) is 24.0 Å². The summed E-state index contributed by atoms with van der Waals surface area (Å²) in [4.78, 5) is 19.1. The maximum absolute atomic E-state index is 12.9. The number of amides is 1. The van der Waals surface area contributed by atoms with Crippen molar-refractivity contribution < 1.29 is 14.3 Å². The zero-order valence-electron chi connectivity index (χ0n) is 14.4.